The number of hydrogen-bond donors (Lipinski definition) is 2. The molecule has 1 amide bonds. The van der Waals surface area contributed by atoms with Crippen molar-refractivity contribution in [1.29, 1.82) is 0 Å². The van der Waals surface area contributed by atoms with Crippen LogP contribution in [0.4, 0.5) is 0 Å². The van der Waals surface area contributed by atoms with Gasteiger partial charge in [0.1, 0.15) is 0 Å². The molecule has 0 radical (unpaired) electrons. The Labute approximate surface area is 131 Å². The van der Waals surface area contributed by atoms with Crippen molar-refractivity contribution in [2.45, 2.75) is 39.2 Å². The zero-order chi connectivity index (χ0) is 15.5. The second kappa shape index (κ2) is 6.53. The van der Waals surface area contributed by atoms with E-state index in [0.717, 1.165) is 48.1 Å². The molecule has 0 atom stereocenters. The van der Waals surface area contributed by atoms with Gasteiger partial charge >= 0.3 is 0 Å². The molecule has 1 aliphatic rings. The van der Waals surface area contributed by atoms with Crippen LogP contribution in [0.25, 0.3) is 10.9 Å². The minimum Gasteiger partial charge on any atom is -0.358 e. The molecule has 0 bridgehead atoms. The van der Waals surface area contributed by atoms with Gasteiger partial charge in [-0.25, -0.2) is 0 Å². The lowest BCUT2D eigenvalue weighted by Crippen LogP contribution is -2.44. The summed E-state index contributed by atoms with van der Waals surface area (Å²) in [5.74, 6) is 0.0592. The molecule has 4 heteroatoms. The molecule has 1 fully saturated rings. The summed E-state index contributed by atoms with van der Waals surface area (Å²) < 4.78 is 0. The average Bonchev–Trinajstić information content (AvgIpc) is 2.85. The first kappa shape index (κ1) is 15.1. The van der Waals surface area contributed by atoms with Gasteiger partial charge in [0.05, 0.1) is 5.56 Å². The smallest absolute Gasteiger partial charge is 0.253 e. The third kappa shape index (κ3) is 3.02. The molecule has 22 heavy (non-hydrogen) atoms. The predicted molar refractivity (Wildman–Crippen MR) is 90.3 cm³/mol. The van der Waals surface area contributed by atoms with E-state index in [9.17, 15) is 4.79 Å². The normalized spacial score (nSPS) is 17.0. The van der Waals surface area contributed by atoms with Crippen molar-refractivity contribution in [3.8, 4) is 0 Å². The molecule has 1 aliphatic heterocycles. The van der Waals surface area contributed by atoms with E-state index >= 15 is 0 Å². The van der Waals surface area contributed by atoms with Crippen molar-refractivity contribution in [3.63, 3.8) is 0 Å². The van der Waals surface area contributed by atoms with Crippen molar-refractivity contribution < 1.29 is 4.79 Å². The SMILES string of the molecule is CCCN1CCC(NC(=O)c2c(C)[nH]c3ccccc23)CC1. The van der Waals surface area contributed by atoms with Crippen molar-refractivity contribution in [2.75, 3.05) is 19.6 Å². The number of piperidine rings is 1. The number of aryl methyl sites for hydroxylation is 1. The molecule has 4 nitrogen and oxygen atoms in total. The molecular weight excluding hydrogens is 274 g/mol. The van der Waals surface area contributed by atoms with E-state index < -0.39 is 0 Å². The van der Waals surface area contributed by atoms with Crippen LogP contribution in [-0.2, 0) is 0 Å². The number of aromatic nitrogens is 1. The standard InChI is InChI=1S/C18H25N3O/c1-3-10-21-11-8-14(9-12-21)20-18(22)17-13(2)19-16-7-5-4-6-15(16)17/h4-7,14,19H,3,8-12H2,1-2H3,(H,20,22). The lowest BCUT2D eigenvalue weighted by Gasteiger charge is -2.32. The maximum absolute atomic E-state index is 12.7. The van der Waals surface area contributed by atoms with Gasteiger partial charge in [-0.1, -0.05) is 25.1 Å². The molecule has 1 aromatic heterocycles. The van der Waals surface area contributed by atoms with Crippen LogP contribution in [0, 0.1) is 6.92 Å². The van der Waals surface area contributed by atoms with Gasteiger partial charge in [-0.15, -0.1) is 0 Å². The van der Waals surface area contributed by atoms with Crippen LogP contribution < -0.4 is 5.32 Å². The van der Waals surface area contributed by atoms with E-state index in [1.54, 1.807) is 0 Å². The van der Waals surface area contributed by atoms with Crippen LogP contribution >= 0.6 is 0 Å². The highest BCUT2D eigenvalue weighted by atomic mass is 16.1. The lowest BCUT2D eigenvalue weighted by molar-refractivity contribution is 0.0912. The van der Waals surface area contributed by atoms with Crippen molar-refractivity contribution in [2.24, 2.45) is 0 Å². The number of nitrogens with one attached hydrogen (secondary N) is 2. The number of aromatic amines is 1. The number of hydrogen-bond acceptors (Lipinski definition) is 2. The van der Waals surface area contributed by atoms with Crippen molar-refractivity contribution >= 4 is 16.8 Å². The quantitative estimate of drug-likeness (QED) is 0.911. The van der Waals surface area contributed by atoms with Gasteiger partial charge in [0.15, 0.2) is 0 Å². The summed E-state index contributed by atoms with van der Waals surface area (Å²) in [5, 5.41) is 4.25. The third-order valence-corrected chi connectivity index (χ3v) is 4.58. The van der Waals surface area contributed by atoms with Crippen molar-refractivity contribution in [1.82, 2.24) is 15.2 Å². The number of fused-ring (bicyclic) bond motifs is 1. The summed E-state index contributed by atoms with van der Waals surface area (Å²) in [7, 11) is 0. The summed E-state index contributed by atoms with van der Waals surface area (Å²) in [4.78, 5) is 18.5. The second-order valence-electron chi connectivity index (χ2n) is 6.26. The Kier molecular flexibility index (Phi) is 4.48. The Hall–Kier alpha value is -1.81. The maximum atomic E-state index is 12.7. The number of benzene rings is 1. The number of amides is 1. The molecule has 1 aromatic carbocycles. The van der Waals surface area contributed by atoms with E-state index in [0.29, 0.717) is 6.04 Å². The molecule has 2 N–H and O–H groups in total. The average molecular weight is 299 g/mol. The monoisotopic (exact) mass is 299 g/mol. The van der Waals surface area contributed by atoms with Crippen LogP contribution in [0.15, 0.2) is 24.3 Å². The van der Waals surface area contributed by atoms with Gasteiger partial charge in [0.2, 0.25) is 0 Å². The van der Waals surface area contributed by atoms with E-state index in [1.165, 1.54) is 13.0 Å². The maximum Gasteiger partial charge on any atom is 0.253 e. The highest BCUT2D eigenvalue weighted by Crippen LogP contribution is 2.22. The van der Waals surface area contributed by atoms with Crippen molar-refractivity contribution in [3.05, 3.63) is 35.5 Å². The Bertz CT molecular complexity index is 653. The highest BCUT2D eigenvalue weighted by Gasteiger charge is 2.22. The molecule has 1 saturated heterocycles. The van der Waals surface area contributed by atoms with E-state index in [1.807, 2.05) is 31.2 Å². The zero-order valence-corrected chi connectivity index (χ0v) is 13.5. The largest absolute Gasteiger partial charge is 0.358 e. The van der Waals surface area contributed by atoms with E-state index in [4.69, 9.17) is 0 Å². The fourth-order valence-corrected chi connectivity index (χ4v) is 3.44. The predicted octanol–water partition coefficient (Wildman–Crippen LogP) is 3.08. The number of para-hydroxylation sites is 1. The number of carbonyl (C=O) groups is 1. The van der Waals surface area contributed by atoms with Crippen LogP contribution in [0.2, 0.25) is 0 Å². The third-order valence-electron chi connectivity index (χ3n) is 4.58. The van der Waals surface area contributed by atoms with E-state index in [-0.39, 0.29) is 5.91 Å². The molecule has 118 valence electrons. The first-order valence-corrected chi connectivity index (χ1v) is 8.29. The first-order valence-electron chi connectivity index (χ1n) is 8.29. The Balaban J connectivity index is 1.68. The summed E-state index contributed by atoms with van der Waals surface area (Å²) in [5.41, 5.74) is 2.77. The fraction of sp³-hybridized carbons (Fsp3) is 0.500. The van der Waals surface area contributed by atoms with Crippen LogP contribution in [0.5, 0.6) is 0 Å². The van der Waals surface area contributed by atoms with Crippen LogP contribution in [0.3, 0.4) is 0 Å². The molecule has 2 heterocycles. The lowest BCUT2D eigenvalue weighted by atomic mass is 10.0. The van der Waals surface area contributed by atoms with Gasteiger partial charge in [0, 0.05) is 35.7 Å². The van der Waals surface area contributed by atoms with E-state index in [2.05, 4.69) is 22.1 Å². The molecule has 0 aliphatic carbocycles. The Morgan fingerprint density at radius 3 is 2.77 bits per heavy atom. The van der Waals surface area contributed by atoms with Gasteiger partial charge < -0.3 is 15.2 Å². The summed E-state index contributed by atoms with van der Waals surface area (Å²) in [6.07, 6.45) is 3.30. The highest BCUT2D eigenvalue weighted by molar-refractivity contribution is 6.08. The molecule has 0 unspecified atom stereocenters. The van der Waals surface area contributed by atoms with Gasteiger partial charge in [-0.05, 0) is 38.8 Å². The number of carbonyl (C=O) groups excluding carboxylic acids is 1. The Morgan fingerprint density at radius 2 is 2.05 bits per heavy atom. The number of nitrogens with zero attached hydrogens (tertiary/aromatic N) is 1. The Morgan fingerprint density at radius 1 is 1.32 bits per heavy atom. The molecule has 0 spiro atoms. The number of rotatable bonds is 4. The fourth-order valence-electron chi connectivity index (χ4n) is 3.44. The van der Waals surface area contributed by atoms with Crippen LogP contribution in [-0.4, -0.2) is 41.5 Å². The minimum absolute atomic E-state index is 0.0592. The topological polar surface area (TPSA) is 48.1 Å². The number of H-pyrrole nitrogens is 1. The zero-order valence-electron chi connectivity index (χ0n) is 13.5. The molecule has 2 aromatic rings. The van der Waals surface area contributed by atoms with Gasteiger partial charge in [-0.2, -0.15) is 0 Å². The molecule has 3 rings (SSSR count). The first-order chi connectivity index (χ1) is 10.7. The summed E-state index contributed by atoms with van der Waals surface area (Å²) >= 11 is 0. The number of likely N-dealkylation sites (tertiary alicyclic amines) is 1. The minimum atomic E-state index is 0.0592. The molecular formula is C18H25N3O. The van der Waals surface area contributed by atoms with Crippen LogP contribution in [0.1, 0.15) is 42.2 Å². The van der Waals surface area contributed by atoms with Gasteiger partial charge in [0.25, 0.3) is 5.91 Å². The summed E-state index contributed by atoms with van der Waals surface area (Å²) in [6, 6.07) is 8.30. The molecule has 0 saturated carbocycles. The van der Waals surface area contributed by atoms with Gasteiger partial charge in [-0.3, -0.25) is 4.79 Å². The summed E-state index contributed by atoms with van der Waals surface area (Å²) in [6.45, 7) is 7.53. The second-order valence-corrected chi connectivity index (χ2v) is 6.26.